The third-order valence-electron chi connectivity index (χ3n) is 1.27. The average Bonchev–Trinajstić information content (AvgIpc) is 1.93. The highest BCUT2D eigenvalue weighted by Gasteiger charge is 2.04. The van der Waals surface area contributed by atoms with Gasteiger partial charge < -0.3 is 10.8 Å². The van der Waals surface area contributed by atoms with E-state index < -0.39 is 0 Å². The van der Waals surface area contributed by atoms with Crippen LogP contribution in [0, 0.1) is 6.92 Å². The lowest BCUT2D eigenvalue weighted by Crippen LogP contribution is -1.91. The third kappa shape index (κ3) is 0.998. The largest absolute Gasteiger partial charge is 0.504 e. The van der Waals surface area contributed by atoms with Gasteiger partial charge in [-0.2, -0.15) is 0 Å². The SMILES string of the molecule is Cc1c(Cl)cnc(N)c1O. The second-order valence-electron chi connectivity index (χ2n) is 1.96. The lowest BCUT2D eigenvalue weighted by molar-refractivity contribution is 0.471. The van der Waals surface area contributed by atoms with Gasteiger partial charge in [-0.05, 0) is 6.92 Å². The molecule has 0 aliphatic carbocycles. The summed E-state index contributed by atoms with van der Waals surface area (Å²) in [5.41, 5.74) is 5.83. The molecule has 0 aromatic carbocycles. The van der Waals surface area contributed by atoms with Crippen molar-refractivity contribution >= 4 is 17.4 Å². The zero-order chi connectivity index (χ0) is 7.72. The summed E-state index contributed by atoms with van der Waals surface area (Å²) in [5.74, 6) is 0.0781. The Kier molecular flexibility index (Phi) is 1.68. The summed E-state index contributed by atoms with van der Waals surface area (Å²) in [4.78, 5) is 3.63. The van der Waals surface area contributed by atoms with Crippen LogP contribution in [0.25, 0.3) is 0 Å². The van der Waals surface area contributed by atoms with Gasteiger partial charge in [0.25, 0.3) is 0 Å². The van der Waals surface area contributed by atoms with Crippen molar-refractivity contribution in [1.82, 2.24) is 4.98 Å². The molecule has 54 valence electrons. The van der Waals surface area contributed by atoms with E-state index in [0.29, 0.717) is 10.6 Å². The van der Waals surface area contributed by atoms with Gasteiger partial charge in [0.2, 0.25) is 0 Å². The molecule has 0 bridgehead atoms. The molecule has 0 fully saturated rings. The van der Waals surface area contributed by atoms with Crippen LogP contribution in [0.3, 0.4) is 0 Å². The number of aromatic nitrogens is 1. The summed E-state index contributed by atoms with van der Waals surface area (Å²) >= 11 is 5.61. The standard InChI is InChI=1S/C6H7ClN2O/c1-3-4(7)2-9-6(8)5(3)10/h2,10H,1H3,(H2,8,9). The zero-order valence-corrected chi connectivity index (χ0v) is 6.18. The predicted molar refractivity (Wildman–Crippen MR) is 40.1 cm³/mol. The monoisotopic (exact) mass is 158 g/mol. The Balaban J connectivity index is 3.34. The number of anilines is 1. The maximum absolute atomic E-state index is 9.12. The first-order valence-corrected chi connectivity index (χ1v) is 3.10. The zero-order valence-electron chi connectivity index (χ0n) is 5.43. The van der Waals surface area contributed by atoms with Crippen LogP contribution in [0.15, 0.2) is 6.20 Å². The number of nitrogens with zero attached hydrogens (tertiary/aromatic N) is 1. The minimum atomic E-state index is -0.0347. The number of nitrogens with two attached hydrogens (primary N) is 1. The van der Waals surface area contributed by atoms with E-state index in [0.717, 1.165) is 0 Å². The highest BCUT2D eigenvalue weighted by Crippen LogP contribution is 2.27. The highest BCUT2D eigenvalue weighted by molar-refractivity contribution is 6.31. The fourth-order valence-electron chi connectivity index (χ4n) is 0.589. The number of halogens is 1. The lowest BCUT2D eigenvalue weighted by atomic mass is 10.3. The molecule has 0 unspecified atom stereocenters. The van der Waals surface area contributed by atoms with E-state index in [1.54, 1.807) is 6.92 Å². The predicted octanol–water partition coefficient (Wildman–Crippen LogP) is 1.33. The van der Waals surface area contributed by atoms with Crippen molar-refractivity contribution in [1.29, 1.82) is 0 Å². The Hall–Kier alpha value is -0.960. The average molecular weight is 159 g/mol. The van der Waals surface area contributed by atoms with Crippen molar-refractivity contribution in [2.24, 2.45) is 0 Å². The van der Waals surface area contributed by atoms with Gasteiger partial charge in [-0.1, -0.05) is 11.6 Å². The molecule has 0 amide bonds. The van der Waals surface area contributed by atoms with Crippen molar-refractivity contribution in [2.45, 2.75) is 6.92 Å². The molecule has 0 aliphatic rings. The van der Waals surface area contributed by atoms with Crippen molar-refractivity contribution < 1.29 is 5.11 Å². The van der Waals surface area contributed by atoms with Crippen LogP contribution in [0.5, 0.6) is 5.75 Å². The van der Waals surface area contributed by atoms with Gasteiger partial charge in [-0.3, -0.25) is 0 Å². The fraction of sp³-hybridized carbons (Fsp3) is 0.167. The van der Waals surface area contributed by atoms with Crippen molar-refractivity contribution in [3.8, 4) is 5.75 Å². The topological polar surface area (TPSA) is 59.1 Å². The van der Waals surface area contributed by atoms with Crippen molar-refractivity contribution in [2.75, 3.05) is 5.73 Å². The van der Waals surface area contributed by atoms with Crippen molar-refractivity contribution in [3.63, 3.8) is 0 Å². The van der Waals surface area contributed by atoms with Crippen LogP contribution in [0.1, 0.15) is 5.56 Å². The van der Waals surface area contributed by atoms with Crippen LogP contribution in [0.2, 0.25) is 5.02 Å². The van der Waals surface area contributed by atoms with E-state index in [4.69, 9.17) is 22.4 Å². The molecule has 1 aromatic rings. The molecule has 3 nitrogen and oxygen atoms in total. The van der Waals surface area contributed by atoms with Gasteiger partial charge in [0, 0.05) is 11.8 Å². The maximum Gasteiger partial charge on any atom is 0.166 e. The van der Waals surface area contributed by atoms with Crippen molar-refractivity contribution in [3.05, 3.63) is 16.8 Å². The van der Waals surface area contributed by atoms with Crippen LogP contribution >= 0.6 is 11.6 Å². The summed E-state index contributed by atoms with van der Waals surface area (Å²) in [7, 11) is 0. The van der Waals surface area contributed by atoms with Gasteiger partial charge in [0.05, 0.1) is 5.02 Å². The summed E-state index contributed by atoms with van der Waals surface area (Å²) in [5, 5.41) is 9.54. The van der Waals surface area contributed by atoms with E-state index in [-0.39, 0.29) is 11.6 Å². The molecule has 1 heterocycles. The van der Waals surface area contributed by atoms with Crippen LogP contribution in [-0.4, -0.2) is 10.1 Å². The van der Waals surface area contributed by atoms with Crippen LogP contribution in [-0.2, 0) is 0 Å². The molecule has 10 heavy (non-hydrogen) atoms. The number of pyridine rings is 1. The number of nitrogen functional groups attached to an aromatic ring is 1. The van der Waals surface area contributed by atoms with Gasteiger partial charge in [0.1, 0.15) is 0 Å². The quantitative estimate of drug-likeness (QED) is 0.599. The molecular weight excluding hydrogens is 152 g/mol. The first kappa shape index (κ1) is 7.15. The molecule has 0 atom stereocenters. The van der Waals surface area contributed by atoms with E-state index in [1.165, 1.54) is 6.20 Å². The molecule has 3 N–H and O–H groups in total. The van der Waals surface area contributed by atoms with E-state index >= 15 is 0 Å². The summed E-state index contributed by atoms with van der Waals surface area (Å²) in [6.45, 7) is 1.68. The Bertz CT molecular complexity index is 235. The highest BCUT2D eigenvalue weighted by atomic mass is 35.5. The molecule has 1 aromatic heterocycles. The summed E-state index contributed by atoms with van der Waals surface area (Å²) < 4.78 is 0. The Labute approximate surface area is 63.5 Å². The summed E-state index contributed by atoms with van der Waals surface area (Å²) in [6, 6.07) is 0. The third-order valence-corrected chi connectivity index (χ3v) is 1.65. The number of hydrogen-bond donors (Lipinski definition) is 2. The number of hydrogen-bond acceptors (Lipinski definition) is 3. The molecule has 4 heteroatoms. The minimum Gasteiger partial charge on any atom is -0.504 e. The maximum atomic E-state index is 9.12. The normalized spacial score (nSPS) is 9.80. The molecule has 0 aliphatic heterocycles. The fourth-order valence-corrected chi connectivity index (χ4v) is 0.728. The van der Waals surface area contributed by atoms with Crippen LogP contribution < -0.4 is 5.73 Å². The first-order chi connectivity index (χ1) is 4.63. The first-order valence-electron chi connectivity index (χ1n) is 2.72. The summed E-state index contributed by atoms with van der Waals surface area (Å²) in [6.07, 6.45) is 1.41. The van der Waals surface area contributed by atoms with Gasteiger partial charge in [-0.15, -0.1) is 0 Å². The molecule has 0 saturated carbocycles. The number of aromatic hydroxyl groups is 1. The second-order valence-corrected chi connectivity index (χ2v) is 2.37. The van der Waals surface area contributed by atoms with Gasteiger partial charge >= 0.3 is 0 Å². The second kappa shape index (κ2) is 2.34. The smallest absolute Gasteiger partial charge is 0.166 e. The molecule has 0 spiro atoms. The molecule has 1 rings (SSSR count). The number of rotatable bonds is 0. The minimum absolute atomic E-state index is 0.0347. The Morgan fingerprint density at radius 3 is 2.80 bits per heavy atom. The molecular formula is C6H7ClN2O. The molecule has 0 radical (unpaired) electrons. The van der Waals surface area contributed by atoms with Gasteiger partial charge in [0.15, 0.2) is 11.6 Å². The van der Waals surface area contributed by atoms with Crippen LogP contribution in [0.4, 0.5) is 5.82 Å². The molecule has 0 saturated heterocycles. The van der Waals surface area contributed by atoms with E-state index in [2.05, 4.69) is 4.98 Å². The Morgan fingerprint density at radius 2 is 2.30 bits per heavy atom. The Morgan fingerprint density at radius 1 is 1.70 bits per heavy atom. The van der Waals surface area contributed by atoms with Gasteiger partial charge in [-0.25, -0.2) is 4.98 Å². The van der Waals surface area contributed by atoms with E-state index in [1.807, 2.05) is 0 Å². The van der Waals surface area contributed by atoms with E-state index in [9.17, 15) is 0 Å². The lowest BCUT2D eigenvalue weighted by Gasteiger charge is -2.01.